The molecule has 2 aromatic heterocycles. The van der Waals surface area contributed by atoms with Crippen molar-refractivity contribution < 1.29 is 9.59 Å². The lowest BCUT2D eigenvalue weighted by molar-refractivity contribution is -0.137. The Labute approximate surface area is 256 Å². The second-order valence-corrected chi connectivity index (χ2v) is 10.5. The molecule has 0 bridgehead atoms. The summed E-state index contributed by atoms with van der Waals surface area (Å²) >= 11 is 0. The van der Waals surface area contributed by atoms with Crippen LogP contribution in [0.2, 0.25) is 0 Å². The zero-order valence-corrected chi connectivity index (χ0v) is 26.7. The van der Waals surface area contributed by atoms with Crippen LogP contribution in [0.3, 0.4) is 0 Å². The minimum Gasteiger partial charge on any atom is -0.313 e. The van der Waals surface area contributed by atoms with Crippen molar-refractivity contribution in [1.82, 2.24) is 14.9 Å². The van der Waals surface area contributed by atoms with Crippen molar-refractivity contribution in [2.24, 2.45) is 5.41 Å². The van der Waals surface area contributed by atoms with Gasteiger partial charge < -0.3 is 9.80 Å². The number of amides is 2. The summed E-state index contributed by atoms with van der Waals surface area (Å²) < 4.78 is 0. The normalized spacial score (nSPS) is 14.1. The van der Waals surface area contributed by atoms with Crippen LogP contribution in [0, 0.1) is 26.2 Å². The first-order valence-corrected chi connectivity index (χ1v) is 12.8. The van der Waals surface area contributed by atoms with E-state index in [1.54, 1.807) is 30.7 Å². The molecule has 7 nitrogen and oxygen atoms in total. The molecule has 0 fully saturated rings. The topological polar surface area (TPSA) is 69.6 Å². The zero-order chi connectivity index (χ0) is 26.9. The molecule has 0 saturated heterocycles. The van der Waals surface area contributed by atoms with E-state index in [9.17, 15) is 9.59 Å². The van der Waals surface area contributed by atoms with E-state index in [1.165, 1.54) is 11.1 Å². The van der Waals surface area contributed by atoms with Crippen molar-refractivity contribution >= 4 is 60.4 Å². The molecule has 0 saturated carbocycles. The van der Waals surface area contributed by atoms with Gasteiger partial charge in [-0.1, -0.05) is 18.2 Å². The van der Waals surface area contributed by atoms with Crippen LogP contribution < -0.4 is 9.80 Å². The number of halogens is 3. The molecule has 218 valence electrons. The van der Waals surface area contributed by atoms with Gasteiger partial charge in [-0.2, -0.15) is 0 Å². The molecule has 4 rings (SSSR count). The molecule has 0 N–H and O–H groups in total. The Morgan fingerprint density at radius 3 is 2.08 bits per heavy atom. The van der Waals surface area contributed by atoms with E-state index in [4.69, 9.17) is 0 Å². The van der Waals surface area contributed by atoms with Gasteiger partial charge in [0.15, 0.2) is 0 Å². The highest BCUT2D eigenvalue weighted by Crippen LogP contribution is 2.39. The number of hydrogen-bond donors (Lipinski definition) is 0. The molecule has 3 aromatic rings. The number of aromatic nitrogens is 2. The van der Waals surface area contributed by atoms with Crippen LogP contribution in [-0.4, -0.2) is 40.3 Å². The van der Waals surface area contributed by atoms with Crippen molar-refractivity contribution in [3.8, 4) is 0 Å². The highest BCUT2D eigenvalue weighted by Gasteiger charge is 2.45. The van der Waals surface area contributed by atoms with Crippen molar-refractivity contribution in [2.45, 2.75) is 61.2 Å². The van der Waals surface area contributed by atoms with Crippen LogP contribution >= 0.6 is 37.2 Å². The summed E-state index contributed by atoms with van der Waals surface area (Å²) in [5.41, 5.74) is 6.87. The molecule has 2 amide bonds. The van der Waals surface area contributed by atoms with Crippen molar-refractivity contribution in [1.29, 1.82) is 0 Å². The lowest BCUT2D eigenvalue weighted by Gasteiger charge is -2.27. The molecule has 0 radical (unpaired) electrons. The predicted molar refractivity (Wildman–Crippen MR) is 169 cm³/mol. The van der Waals surface area contributed by atoms with E-state index in [0.29, 0.717) is 13.1 Å². The highest BCUT2D eigenvalue weighted by atomic mass is 35.5. The van der Waals surface area contributed by atoms with Crippen LogP contribution in [0.4, 0.5) is 11.4 Å². The second kappa shape index (κ2) is 14.3. The lowest BCUT2D eigenvalue weighted by Crippen LogP contribution is -2.47. The van der Waals surface area contributed by atoms with Gasteiger partial charge in [0.25, 0.3) is 0 Å². The zero-order valence-electron chi connectivity index (χ0n) is 24.2. The molecule has 40 heavy (non-hydrogen) atoms. The standard InChI is InChI=1S/C30H37N5O2.3ClH/c1-8-35-26-14-12-23(16-27(26)33(7)28(36)30(5,6)29(35)37)17-34(18-24-10-9-15-31-21(24)3)19-25-13-11-20(2)32-22(25)4;;;/h9-16H,8,17-19H2,1-7H3;3*1H. The number of carbonyl (C=O) groups excluding carboxylic acids is 2. The number of pyridine rings is 2. The first-order chi connectivity index (χ1) is 17.5. The Morgan fingerprint density at radius 1 is 0.825 bits per heavy atom. The Hall–Kier alpha value is -2.71. The lowest BCUT2D eigenvalue weighted by atomic mass is 9.90. The largest absolute Gasteiger partial charge is 0.313 e. The predicted octanol–water partition coefficient (Wildman–Crippen LogP) is 6.23. The molecule has 0 unspecified atom stereocenters. The van der Waals surface area contributed by atoms with Gasteiger partial charge >= 0.3 is 0 Å². The van der Waals surface area contributed by atoms with Gasteiger partial charge in [-0.05, 0) is 82.5 Å². The fourth-order valence-corrected chi connectivity index (χ4v) is 5.02. The number of anilines is 2. The third-order valence-electron chi connectivity index (χ3n) is 7.27. The maximum absolute atomic E-state index is 13.3. The molecular formula is C30H40Cl3N5O2. The molecule has 0 aliphatic carbocycles. The minimum absolute atomic E-state index is 0. The van der Waals surface area contributed by atoms with Gasteiger partial charge in [-0.15, -0.1) is 37.2 Å². The number of carbonyl (C=O) groups is 2. The third kappa shape index (κ3) is 7.13. The van der Waals surface area contributed by atoms with E-state index < -0.39 is 5.41 Å². The molecule has 0 spiro atoms. The fraction of sp³-hybridized carbons (Fsp3) is 0.400. The molecule has 0 atom stereocenters. The summed E-state index contributed by atoms with van der Waals surface area (Å²) in [5, 5.41) is 0. The molecular weight excluding hydrogens is 569 g/mol. The van der Waals surface area contributed by atoms with Gasteiger partial charge in [0, 0.05) is 56.5 Å². The van der Waals surface area contributed by atoms with E-state index >= 15 is 0 Å². The van der Waals surface area contributed by atoms with E-state index in [0.717, 1.165) is 47.1 Å². The van der Waals surface area contributed by atoms with Crippen molar-refractivity contribution in [3.63, 3.8) is 0 Å². The van der Waals surface area contributed by atoms with Crippen LogP contribution in [0.15, 0.2) is 48.7 Å². The molecule has 1 aromatic carbocycles. The number of rotatable bonds is 7. The number of nitrogens with zero attached hydrogens (tertiary/aromatic N) is 5. The van der Waals surface area contributed by atoms with Gasteiger partial charge in [0.1, 0.15) is 5.41 Å². The average Bonchev–Trinajstić information content (AvgIpc) is 2.91. The summed E-state index contributed by atoms with van der Waals surface area (Å²) in [7, 11) is 1.76. The second-order valence-electron chi connectivity index (χ2n) is 10.5. The number of benzene rings is 1. The molecule has 3 heterocycles. The minimum atomic E-state index is -1.12. The smallest absolute Gasteiger partial charge is 0.242 e. The van der Waals surface area contributed by atoms with Crippen LogP contribution in [0.1, 0.15) is 54.5 Å². The maximum Gasteiger partial charge on any atom is 0.242 e. The Morgan fingerprint density at radius 2 is 1.48 bits per heavy atom. The van der Waals surface area contributed by atoms with Crippen LogP contribution in [0.25, 0.3) is 0 Å². The van der Waals surface area contributed by atoms with Gasteiger partial charge in [-0.3, -0.25) is 24.5 Å². The Kier molecular flexibility index (Phi) is 12.6. The van der Waals surface area contributed by atoms with Gasteiger partial charge in [-0.25, -0.2) is 0 Å². The highest BCUT2D eigenvalue weighted by molar-refractivity contribution is 6.19. The van der Waals surface area contributed by atoms with Crippen LogP contribution in [-0.2, 0) is 29.2 Å². The first kappa shape index (κ1) is 35.3. The van der Waals surface area contributed by atoms with Crippen LogP contribution in [0.5, 0.6) is 0 Å². The molecule has 1 aliphatic heterocycles. The van der Waals surface area contributed by atoms with Crippen molar-refractivity contribution in [3.05, 3.63) is 82.4 Å². The van der Waals surface area contributed by atoms with Crippen molar-refractivity contribution in [2.75, 3.05) is 23.4 Å². The molecule has 1 aliphatic rings. The first-order valence-electron chi connectivity index (χ1n) is 12.8. The summed E-state index contributed by atoms with van der Waals surface area (Å²) in [5.74, 6) is -0.370. The Balaban J connectivity index is 0.00000267. The third-order valence-corrected chi connectivity index (χ3v) is 7.27. The number of fused-ring (bicyclic) bond motifs is 1. The average molecular weight is 609 g/mol. The quantitative estimate of drug-likeness (QED) is 0.298. The Bertz CT molecular complexity index is 1350. The molecule has 10 heteroatoms. The number of aryl methyl sites for hydroxylation is 3. The summed E-state index contributed by atoms with van der Waals surface area (Å²) in [6.45, 7) is 14.1. The van der Waals surface area contributed by atoms with Gasteiger partial charge in [0.05, 0.1) is 11.4 Å². The van der Waals surface area contributed by atoms with E-state index in [-0.39, 0.29) is 49.0 Å². The summed E-state index contributed by atoms with van der Waals surface area (Å²) in [6, 6.07) is 14.4. The fourth-order valence-electron chi connectivity index (χ4n) is 5.02. The maximum atomic E-state index is 13.3. The number of hydrogen-bond acceptors (Lipinski definition) is 5. The van der Waals surface area contributed by atoms with E-state index in [2.05, 4.69) is 46.1 Å². The van der Waals surface area contributed by atoms with E-state index in [1.807, 2.05) is 45.2 Å². The SMILES string of the molecule is CCN1C(=O)C(C)(C)C(=O)N(C)c2cc(CN(Cc3cccnc3C)Cc3ccc(C)nc3C)ccc21.Cl.Cl.Cl. The summed E-state index contributed by atoms with van der Waals surface area (Å²) in [4.78, 5) is 41.4. The monoisotopic (exact) mass is 607 g/mol. The van der Waals surface area contributed by atoms with Gasteiger partial charge in [0.2, 0.25) is 11.8 Å². The summed E-state index contributed by atoms with van der Waals surface area (Å²) in [6.07, 6.45) is 1.82.